The fourth-order valence-corrected chi connectivity index (χ4v) is 2.31. The van der Waals surface area contributed by atoms with E-state index in [9.17, 15) is 0 Å². The van der Waals surface area contributed by atoms with E-state index in [1.165, 1.54) is 5.69 Å². The molecule has 2 heterocycles. The molecule has 3 rings (SSSR count). The van der Waals surface area contributed by atoms with Crippen LogP contribution in [0.15, 0.2) is 48.7 Å². The highest BCUT2D eigenvalue weighted by atomic mass is 16.5. The summed E-state index contributed by atoms with van der Waals surface area (Å²) in [5.41, 5.74) is 3.43. The molecule has 4 nitrogen and oxygen atoms in total. The highest BCUT2D eigenvalue weighted by Gasteiger charge is 2.10. The molecule has 1 aliphatic rings. The summed E-state index contributed by atoms with van der Waals surface area (Å²) >= 11 is 0. The van der Waals surface area contributed by atoms with Gasteiger partial charge >= 0.3 is 0 Å². The number of hydrogen-bond donors (Lipinski definition) is 1. The molecule has 1 N–H and O–H groups in total. The second-order valence-corrected chi connectivity index (χ2v) is 4.82. The predicted octanol–water partition coefficient (Wildman–Crippen LogP) is 2.53. The van der Waals surface area contributed by atoms with E-state index in [0.717, 1.165) is 44.2 Å². The van der Waals surface area contributed by atoms with Crippen LogP contribution in [0.25, 0.3) is 0 Å². The molecule has 1 aromatic carbocycles. The largest absolute Gasteiger partial charge is 0.379 e. The minimum atomic E-state index is 0.748. The van der Waals surface area contributed by atoms with E-state index in [-0.39, 0.29) is 0 Å². The first-order valence-electron chi connectivity index (χ1n) is 6.98. The maximum Gasteiger partial charge on any atom is 0.0642 e. The van der Waals surface area contributed by atoms with Crippen LogP contribution in [0.4, 0.5) is 11.4 Å². The van der Waals surface area contributed by atoms with Gasteiger partial charge in [0.15, 0.2) is 0 Å². The lowest BCUT2D eigenvalue weighted by Gasteiger charge is -2.28. The number of hydrogen-bond acceptors (Lipinski definition) is 4. The number of rotatable bonds is 4. The van der Waals surface area contributed by atoms with Crippen molar-refractivity contribution in [1.29, 1.82) is 0 Å². The van der Waals surface area contributed by atoms with Crippen molar-refractivity contribution < 1.29 is 4.74 Å². The molecule has 20 heavy (non-hydrogen) atoms. The van der Waals surface area contributed by atoms with Gasteiger partial charge in [-0.3, -0.25) is 4.98 Å². The molecule has 0 spiro atoms. The Morgan fingerprint density at radius 1 is 1.05 bits per heavy atom. The topological polar surface area (TPSA) is 37.4 Å². The Balaban J connectivity index is 1.58. The highest BCUT2D eigenvalue weighted by Crippen LogP contribution is 2.19. The Bertz CT molecular complexity index is 521. The Hall–Kier alpha value is -2.07. The molecule has 1 saturated heterocycles. The molecule has 104 valence electrons. The lowest BCUT2D eigenvalue weighted by atomic mass is 10.2. The maximum atomic E-state index is 5.37. The zero-order valence-corrected chi connectivity index (χ0v) is 11.5. The summed E-state index contributed by atoms with van der Waals surface area (Å²) in [6.45, 7) is 4.33. The third-order valence-electron chi connectivity index (χ3n) is 3.44. The number of aromatic nitrogens is 1. The van der Waals surface area contributed by atoms with Crippen molar-refractivity contribution in [3.8, 4) is 0 Å². The van der Waals surface area contributed by atoms with E-state index in [4.69, 9.17) is 4.74 Å². The van der Waals surface area contributed by atoms with E-state index >= 15 is 0 Å². The predicted molar refractivity (Wildman–Crippen MR) is 81.0 cm³/mol. The Kier molecular flexibility index (Phi) is 4.13. The normalized spacial score (nSPS) is 15.1. The first-order chi connectivity index (χ1) is 9.92. The van der Waals surface area contributed by atoms with Gasteiger partial charge in [-0.05, 0) is 36.4 Å². The summed E-state index contributed by atoms with van der Waals surface area (Å²) in [5.74, 6) is 0. The smallest absolute Gasteiger partial charge is 0.0642 e. The van der Waals surface area contributed by atoms with Crippen LogP contribution < -0.4 is 10.2 Å². The van der Waals surface area contributed by atoms with Crippen LogP contribution in [0.1, 0.15) is 5.69 Å². The molecule has 1 aliphatic heterocycles. The van der Waals surface area contributed by atoms with Crippen molar-refractivity contribution >= 4 is 11.4 Å². The van der Waals surface area contributed by atoms with Gasteiger partial charge in [-0.2, -0.15) is 0 Å². The third kappa shape index (κ3) is 3.27. The van der Waals surface area contributed by atoms with E-state index in [2.05, 4.69) is 39.5 Å². The van der Waals surface area contributed by atoms with Crippen molar-refractivity contribution in [1.82, 2.24) is 4.98 Å². The van der Waals surface area contributed by atoms with Gasteiger partial charge in [-0.1, -0.05) is 6.07 Å². The molecule has 2 aromatic rings. The molecule has 0 aliphatic carbocycles. The summed E-state index contributed by atoms with van der Waals surface area (Å²) in [7, 11) is 0. The number of pyridine rings is 1. The lowest BCUT2D eigenvalue weighted by molar-refractivity contribution is 0.122. The number of nitrogens with zero attached hydrogens (tertiary/aromatic N) is 2. The van der Waals surface area contributed by atoms with Crippen molar-refractivity contribution in [3.63, 3.8) is 0 Å². The molecule has 4 heteroatoms. The van der Waals surface area contributed by atoms with Gasteiger partial charge in [-0.25, -0.2) is 0 Å². The molecule has 0 bridgehead atoms. The first kappa shape index (κ1) is 12.9. The molecule has 1 aromatic heterocycles. The molecule has 0 radical (unpaired) electrons. The summed E-state index contributed by atoms with van der Waals surface area (Å²) in [5, 5.41) is 3.39. The molecule has 0 saturated carbocycles. The Labute approximate surface area is 119 Å². The summed E-state index contributed by atoms with van der Waals surface area (Å²) in [4.78, 5) is 6.65. The number of anilines is 2. The maximum absolute atomic E-state index is 5.37. The van der Waals surface area contributed by atoms with Crippen LogP contribution in [-0.4, -0.2) is 31.3 Å². The van der Waals surface area contributed by atoms with Crippen LogP contribution in [0.5, 0.6) is 0 Å². The van der Waals surface area contributed by atoms with Gasteiger partial charge in [0, 0.05) is 30.7 Å². The average Bonchev–Trinajstić information content (AvgIpc) is 2.55. The molecule has 0 atom stereocenters. The quantitative estimate of drug-likeness (QED) is 0.925. The SMILES string of the molecule is c1ccc(CNc2ccc(N3CCOCC3)cc2)nc1. The molecule has 1 fully saturated rings. The molecule has 0 unspecified atom stereocenters. The van der Waals surface area contributed by atoms with Crippen molar-refractivity contribution in [2.75, 3.05) is 36.5 Å². The molecular weight excluding hydrogens is 250 g/mol. The van der Waals surface area contributed by atoms with Gasteiger partial charge in [0.25, 0.3) is 0 Å². The van der Waals surface area contributed by atoms with Gasteiger partial charge < -0.3 is 15.0 Å². The summed E-state index contributed by atoms with van der Waals surface area (Å²) in [6, 6.07) is 14.5. The van der Waals surface area contributed by atoms with Crippen LogP contribution >= 0.6 is 0 Å². The highest BCUT2D eigenvalue weighted by molar-refractivity contribution is 5.55. The van der Waals surface area contributed by atoms with Gasteiger partial charge in [0.2, 0.25) is 0 Å². The molecule has 0 amide bonds. The van der Waals surface area contributed by atoms with E-state index in [0.29, 0.717) is 0 Å². The lowest BCUT2D eigenvalue weighted by Crippen LogP contribution is -2.36. The zero-order chi connectivity index (χ0) is 13.6. The zero-order valence-electron chi connectivity index (χ0n) is 11.5. The first-order valence-corrected chi connectivity index (χ1v) is 6.98. The van der Waals surface area contributed by atoms with Gasteiger partial charge in [0.05, 0.1) is 25.5 Å². The Morgan fingerprint density at radius 3 is 2.55 bits per heavy atom. The van der Waals surface area contributed by atoms with E-state index in [1.54, 1.807) is 0 Å². The number of benzene rings is 1. The summed E-state index contributed by atoms with van der Waals surface area (Å²) in [6.07, 6.45) is 1.82. The van der Waals surface area contributed by atoms with E-state index in [1.807, 2.05) is 24.4 Å². The van der Waals surface area contributed by atoms with Gasteiger partial charge in [0.1, 0.15) is 0 Å². The van der Waals surface area contributed by atoms with Crippen molar-refractivity contribution in [3.05, 3.63) is 54.4 Å². The fraction of sp³-hybridized carbons (Fsp3) is 0.312. The van der Waals surface area contributed by atoms with Crippen LogP contribution in [-0.2, 0) is 11.3 Å². The van der Waals surface area contributed by atoms with Gasteiger partial charge in [-0.15, -0.1) is 0 Å². The van der Waals surface area contributed by atoms with Crippen LogP contribution in [0.3, 0.4) is 0 Å². The van der Waals surface area contributed by atoms with E-state index < -0.39 is 0 Å². The summed E-state index contributed by atoms with van der Waals surface area (Å²) < 4.78 is 5.37. The van der Waals surface area contributed by atoms with Crippen LogP contribution in [0.2, 0.25) is 0 Å². The minimum Gasteiger partial charge on any atom is -0.379 e. The average molecular weight is 269 g/mol. The second kappa shape index (κ2) is 6.39. The third-order valence-corrected chi connectivity index (χ3v) is 3.44. The monoisotopic (exact) mass is 269 g/mol. The molecular formula is C16H19N3O. The fourth-order valence-electron chi connectivity index (χ4n) is 2.31. The van der Waals surface area contributed by atoms with Crippen molar-refractivity contribution in [2.45, 2.75) is 6.54 Å². The number of ether oxygens (including phenoxy) is 1. The minimum absolute atomic E-state index is 0.748. The van der Waals surface area contributed by atoms with Crippen LogP contribution in [0, 0.1) is 0 Å². The standard InChI is InChI=1S/C16H19N3O/c1-2-8-17-15(3-1)13-18-14-4-6-16(7-5-14)19-9-11-20-12-10-19/h1-8,18H,9-13H2. The number of morpholine rings is 1. The van der Waals surface area contributed by atoms with Crippen molar-refractivity contribution in [2.24, 2.45) is 0 Å². The number of nitrogens with one attached hydrogen (secondary N) is 1. The second-order valence-electron chi connectivity index (χ2n) is 4.82. The Morgan fingerprint density at radius 2 is 1.85 bits per heavy atom.